The largest absolute Gasteiger partial charge is 0.466 e. The first kappa shape index (κ1) is 18.4. The Hall–Kier alpha value is -2.90. The van der Waals surface area contributed by atoms with Crippen molar-refractivity contribution in [3.63, 3.8) is 0 Å². The van der Waals surface area contributed by atoms with Gasteiger partial charge in [0.15, 0.2) is 0 Å². The van der Waals surface area contributed by atoms with Crippen LogP contribution in [0.25, 0.3) is 10.9 Å². The molecule has 1 heterocycles. The van der Waals surface area contributed by atoms with Gasteiger partial charge in [0.2, 0.25) is 0 Å². The zero-order valence-electron chi connectivity index (χ0n) is 14.6. The summed E-state index contributed by atoms with van der Waals surface area (Å²) < 4.78 is 11.6. The number of carbonyl (C=O) groups excluding carboxylic acids is 2. The van der Waals surface area contributed by atoms with E-state index in [1.807, 2.05) is 0 Å². The van der Waals surface area contributed by atoms with Crippen LogP contribution in [0.1, 0.15) is 33.4 Å². The number of fused-ring (bicyclic) bond motifs is 1. The van der Waals surface area contributed by atoms with Crippen LogP contribution in [0.4, 0.5) is 10.5 Å². The third-order valence-corrected chi connectivity index (χ3v) is 3.28. The minimum atomic E-state index is -0.727. The Labute approximate surface area is 144 Å². The highest BCUT2D eigenvalue weighted by molar-refractivity contribution is 5.93. The number of ether oxygens (including phenoxy) is 2. The maximum atomic E-state index is 12.6. The summed E-state index contributed by atoms with van der Waals surface area (Å²) >= 11 is 0. The average molecular weight is 348 g/mol. The van der Waals surface area contributed by atoms with Crippen molar-refractivity contribution in [3.8, 4) is 0 Å². The fourth-order valence-electron chi connectivity index (χ4n) is 2.39. The number of esters is 1. The molecule has 1 aromatic carbocycles. The van der Waals surface area contributed by atoms with Crippen LogP contribution in [0, 0.1) is 10.1 Å². The molecule has 0 fully saturated rings. The lowest BCUT2D eigenvalue weighted by molar-refractivity contribution is -0.384. The zero-order valence-corrected chi connectivity index (χ0v) is 14.6. The van der Waals surface area contributed by atoms with Crippen LogP contribution in [0.15, 0.2) is 24.3 Å². The number of carbonyl (C=O) groups is 2. The lowest BCUT2D eigenvalue weighted by atomic mass is 10.2. The molecule has 0 aliphatic rings. The molecule has 134 valence electrons. The summed E-state index contributed by atoms with van der Waals surface area (Å²) in [5, 5.41) is 11.4. The van der Waals surface area contributed by atoms with Gasteiger partial charge in [0, 0.05) is 23.2 Å². The van der Waals surface area contributed by atoms with E-state index in [1.165, 1.54) is 22.8 Å². The molecule has 1 aromatic heterocycles. The van der Waals surface area contributed by atoms with Gasteiger partial charge in [-0.05, 0) is 39.8 Å². The maximum Gasteiger partial charge on any atom is 0.419 e. The average Bonchev–Trinajstić information content (AvgIpc) is 2.82. The minimum Gasteiger partial charge on any atom is -0.466 e. The van der Waals surface area contributed by atoms with Crippen LogP contribution in [0.2, 0.25) is 0 Å². The van der Waals surface area contributed by atoms with Gasteiger partial charge in [-0.3, -0.25) is 14.9 Å². The monoisotopic (exact) mass is 348 g/mol. The number of benzene rings is 1. The maximum absolute atomic E-state index is 12.6. The third-order valence-electron chi connectivity index (χ3n) is 3.28. The Morgan fingerprint density at radius 1 is 1.24 bits per heavy atom. The van der Waals surface area contributed by atoms with E-state index >= 15 is 0 Å². The Morgan fingerprint density at radius 2 is 1.92 bits per heavy atom. The fraction of sp³-hybridized carbons (Fsp3) is 0.412. The number of hydrogen-bond donors (Lipinski definition) is 0. The molecule has 0 N–H and O–H groups in total. The predicted octanol–water partition coefficient (Wildman–Crippen LogP) is 3.44. The minimum absolute atomic E-state index is 0.100. The third kappa shape index (κ3) is 4.34. The van der Waals surface area contributed by atoms with Crippen LogP contribution < -0.4 is 0 Å². The van der Waals surface area contributed by atoms with E-state index in [0.717, 1.165) is 0 Å². The summed E-state index contributed by atoms with van der Waals surface area (Å²) in [4.78, 5) is 34.8. The van der Waals surface area contributed by atoms with Crippen molar-refractivity contribution in [2.45, 2.75) is 39.7 Å². The highest BCUT2D eigenvalue weighted by Crippen LogP contribution is 2.26. The van der Waals surface area contributed by atoms with E-state index in [0.29, 0.717) is 16.6 Å². The van der Waals surface area contributed by atoms with Crippen molar-refractivity contribution in [1.29, 1.82) is 0 Å². The van der Waals surface area contributed by atoms with Crippen molar-refractivity contribution in [2.75, 3.05) is 6.61 Å². The Bertz CT molecular complexity index is 832. The molecule has 0 bridgehead atoms. The lowest BCUT2D eigenvalue weighted by Gasteiger charge is -2.20. The van der Waals surface area contributed by atoms with Gasteiger partial charge >= 0.3 is 12.1 Å². The van der Waals surface area contributed by atoms with Gasteiger partial charge in [0.1, 0.15) is 5.60 Å². The van der Waals surface area contributed by atoms with E-state index in [2.05, 4.69) is 0 Å². The van der Waals surface area contributed by atoms with Gasteiger partial charge in [0.05, 0.1) is 23.5 Å². The summed E-state index contributed by atoms with van der Waals surface area (Å²) in [7, 11) is 0. The number of rotatable bonds is 4. The summed E-state index contributed by atoms with van der Waals surface area (Å²) in [5.74, 6) is -0.496. The van der Waals surface area contributed by atoms with Crippen LogP contribution in [0.3, 0.4) is 0 Å². The van der Waals surface area contributed by atoms with Gasteiger partial charge in [-0.1, -0.05) is 0 Å². The van der Waals surface area contributed by atoms with Crippen LogP contribution in [0.5, 0.6) is 0 Å². The molecule has 0 saturated carbocycles. The number of nitrogens with zero attached hydrogens (tertiary/aromatic N) is 2. The van der Waals surface area contributed by atoms with E-state index in [9.17, 15) is 19.7 Å². The van der Waals surface area contributed by atoms with E-state index in [-0.39, 0.29) is 18.7 Å². The number of aromatic nitrogens is 1. The van der Waals surface area contributed by atoms with Crippen molar-refractivity contribution in [1.82, 2.24) is 4.57 Å². The van der Waals surface area contributed by atoms with Crippen molar-refractivity contribution in [3.05, 3.63) is 40.1 Å². The van der Waals surface area contributed by atoms with E-state index in [1.54, 1.807) is 33.8 Å². The first-order valence-corrected chi connectivity index (χ1v) is 7.80. The van der Waals surface area contributed by atoms with Crippen molar-refractivity contribution >= 4 is 28.7 Å². The second-order valence-corrected chi connectivity index (χ2v) is 6.43. The van der Waals surface area contributed by atoms with Crippen LogP contribution >= 0.6 is 0 Å². The Morgan fingerprint density at radius 3 is 2.48 bits per heavy atom. The van der Waals surface area contributed by atoms with Crippen LogP contribution in [-0.2, 0) is 20.7 Å². The molecule has 0 amide bonds. The highest BCUT2D eigenvalue weighted by Gasteiger charge is 2.24. The fourth-order valence-corrected chi connectivity index (χ4v) is 2.39. The van der Waals surface area contributed by atoms with E-state index in [4.69, 9.17) is 9.47 Å². The molecular formula is C17H20N2O6. The van der Waals surface area contributed by atoms with Gasteiger partial charge < -0.3 is 9.47 Å². The second kappa shape index (κ2) is 6.92. The molecule has 8 heteroatoms. The standard InChI is InChI=1S/C17H20N2O6/c1-5-24-15(20)10-13-9-11-8-12(19(22)23)6-7-14(11)18(13)16(21)25-17(2,3)4/h6-9H,5,10H2,1-4H3. The SMILES string of the molecule is CCOC(=O)Cc1cc2cc([N+](=O)[O-])ccc2n1C(=O)OC(C)(C)C. The summed E-state index contributed by atoms with van der Waals surface area (Å²) in [6.45, 7) is 7.09. The number of hydrogen-bond acceptors (Lipinski definition) is 6. The topological polar surface area (TPSA) is 101 Å². The van der Waals surface area contributed by atoms with Crippen LogP contribution in [-0.4, -0.2) is 33.8 Å². The lowest BCUT2D eigenvalue weighted by Crippen LogP contribution is -2.28. The number of nitro benzene ring substituents is 1. The molecule has 0 radical (unpaired) electrons. The molecule has 25 heavy (non-hydrogen) atoms. The summed E-state index contributed by atoms with van der Waals surface area (Å²) in [5.41, 5.74) is -0.0470. The first-order chi connectivity index (χ1) is 11.6. The second-order valence-electron chi connectivity index (χ2n) is 6.43. The molecule has 2 aromatic rings. The van der Waals surface area contributed by atoms with Gasteiger partial charge in [0.25, 0.3) is 5.69 Å². The summed E-state index contributed by atoms with van der Waals surface area (Å²) in [6.07, 6.45) is -0.800. The smallest absolute Gasteiger partial charge is 0.419 e. The highest BCUT2D eigenvalue weighted by atomic mass is 16.6. The van der Waals surface area contributed by atoms with Gasteiger partial charge in [-0.25, -0.2) is 9.36 Å². The summed E-state index contributed by atoms with van der Waals surface area (Å²) in [6, 6.07) is 5.68. The molecule has 0 spiro atoms. The molecule has 2 rings (SSSR count). The quantitative estimate of drug-likeness (QED) is 0.476. The predicted molar refractivity (Wildman–Crippen MR) is 90.6 cm³/mol. The molecule has 0 aliphatic carbocycles. The molecule has 0 atom stereocenters. The number of non-ortho nitro benzene ring substituents is 1. The van der Waals surface area contributed by atoms with E-state index < -0.39 is 22.6 Å². The molecular weight excluding hydrogens is 328 g/mol. The Kier molecular flexibility index (Phi) is 5.10. The van der Waals surface area contributed by atoms with Gasteiger partial charge in [-0.2, -0.15) is 0 Å². The molecule has 8 nitrogen and oxygen atoms in total. The number of nitro groups is 1. The Balaban J connectivity index is 2.55. The zero-order chi connectivity index (χ0) is 18.8. The van der Waals surface area contributed by atoms with Gasteiger partial charge in [-0.15, -0.1) is 0 Å². The normalized spacial score (nSPS) is 11.4. The molecule has 0 aliphatic heterocycles. The van der Waals surface area contributed by atoms with Crippen molar-refractivity contribution in [2.24, 2.45) is 0 Å². The first-order valence-electron chi connectivity index (χ1n) is 7.80. The van der Waals surface area contributed by atoms with Crippen molar-refractivity contribution < 1.29 is 24.0 Å². The molecule has 0 saturated heterocycles. The molecule has 0 unspecified atom stereocenters.